The Morgan fingerprint density at radius 1 is 1.50 bits per heavy atom. The molecule has 0 spiro atoms. The average Bonchev–Trinajstić information content (AvgIpc) is 2.77. The van der Waals surface area contributed by atoms with E-state index in [0.29, 0.717) is 25.9 Å². The van der Waals surface area contributed by atoms with Gasteiger partial charge in [-0.2, -0.15) is 0 Å². The first-order valence-electron chi connectivity index (χ1n) is 5.61. The third kappa shape index (κ3) is 2.58. The molecule has 6 heteroatoms. The third-order valence-corrected chi connectivity index (χ3v) is 2.68. The van der Waals surface area contributed by atoms with Crippen LogP contribution in [0.5, 0.6) is 5.75 Å². The minimum absolute atomic E-state index is 0.0629. The predicted octanol–water partition coefficient (Wildman–Crippen LogP) is 1.04. The molecule has 0 unspecified atom stereocenters. The summed E-state index contributed by atoms with van der Waals surface area (Å²) < 4.78 is 18.7. The van der Waals surface area contributed by atoms with Crippen molar-refractivity contribution in [2.75, 3.05) is 26.2 Å². The Balaban J connectivity index is 1.94. The van der Waals surface area contributed by atoms with Crippen LogP contribution in [-0.4, -0.2) is 43.5 Å². The molecule has 1 fully saturated rings. The van der Waals surface area contributed by atoms with Gasteiger partial charge in [0.05, 0.1) is 12.1 Å². The normalized spacial score (nSPS) is 14.5. The first-order chi connectivity index (χ1) is 8.72. The molecule has 1 N–H and O–H groups in total. The van der Waals surface area contributed by atoms with Crippen molar-refractivity contribution in [2.24, 2.45) is 0 Å². The first-order valence-corrected chi connectivity index (χ1v) is 5.61. The first kappa shape index (κ1) is 12.3. The predicted molar refractivity (Wildman–Crippen MR) is 62.3 cm³/mol. The van der Waals surface area contributed by atoms with Crippen LogP contribution in [0, 0.1) is 5.82 Å². The van der Waals surface area contributed by atoms with Crippen LogP contribution in [-0.2, 0) is 0 Å². The van der Waals surface area contributed by atoms with Crippen molar-refractivity contribution in [3.8, 4) is 5.75 Å². The van der Waals surface area contributed by atoms with Crippen LogP contribution in [0.4, 0.5) is 9.18 Å². The van der Waals surface area contributed by atoms with Crippen molar-refractivity contribution < 1.29 is 18.7 Å². The van der Waals surface area contributed by atoms with Crippen molar-refractivity contribution in [2.45, 2.75) is 0 Å². The maximum Gasteiger partial charge on any atom is 0.317 e. The average molecular weight is 252 g/mol. The van der Waals surface area contributed by atoms with E-state index < -0.39 is 5.82 Å². The van der Waals surface area contributed by atoms with Gasteiger partial charge in [0.1, 0.15) is 6.61 Å². The van der Waals surface area contributed by atoms with Crippen LogP contribution in [0.2, 0.25) is 0 Å². The maximum absolute atomic E-state index is 13.4. The summed E-state index contributed by atoms with van der Waals surface area (Å²) in [5.41, 5.74) is 0.167. The fourth-order valence-electron chi connectivity index (χ4n) is 1.75. The molecule has 2 amide bonds. The number of nitrogens with one attached hydrogen (secondary N) is 1. The largest absolute Gasteiger partial charge is 0.488 e. The lowest BCUT2D eigenvalue weighted by molar-refractivity contribution is 0.111. The molecule has 0 atom stereocenters. The van der Waals surface area contributed by atoms with Crippen LogP contribution >= 0.6 is 0 Å². The number of amides is 2. The molecule has 1 saturated heterocycles. The highest BCUT2D eigenvalue weighted by atomic mass is 19.1. The smallest absolute Gasteiger partial charge is 0.317 e. The molecule has 0 bridgehead atoms. The number of ether oxygens (including phenoxy) is 1. The molecule has 1 aromatic carbocycles. The molecule has 1 heterocycles. The highest BCUT2D eigenvalue weighted by Gasteiger charge is 2.19. The Labute approximate surface area is 104 Å². The molecule has 0 radical (unpaired) electrons. The Bertz CT molecular complexity index is 465. The number of para-hydroxylation sites is 1. The molecule has 0 aliphatic carbocycles. The van der Waals surface area contributed by atoms with Gasteiger partial charge in [-0.1, -0.05) is 6.07 Å². The summed E-state index contributed by atoms with van der Waals surface area (Å²) in [5.74, 6) is -0.641. The van der Waals surface area contributed by atoms with Crippen molar-refractivity contribution in [1.29, 1.82) is 0 Å². The van der Waals surface area contributed by atoms with Gasteiger partial charge in [0.2, 0.25) is 0 Å². The molecule has 1 aromatic rings. The molecule has 1 aliphatic heterocycles. The number of halogens is 1. The monoisotopic (exact) mass is 252 g/mol. The number of rotatable bonds is 5. The standard InChI is InChI=1S/C12H13FN2O3/c13-10-3-1-2-9(8-16)11(10)18-7-6-15-5-4-14-12(15)17/h1-3,8H,4-7H2,(H,14,17). The lowest BCUT2D eigenvalue weighted by atomic mass is 10.2. The zero-order valence-electron chi connectivity index (χ0n) is 9.69. The Morgan fingerprint density at radius 3 is 3.00 bits per heavy atom. The summed E-state index contributed by atoms with van der Waals surface area (Å²) in [7, 11) is 0. The van der Waals surface area contributed by atoms with E-state index in [1.807, 2.05) is 0 Å². The van der Waals surface area contributed by atoms with Crippen molar-refractivity contribution >= 4 is 12.3 Å². The summed E-state index contributed by atoms with van der Waals surface area (Å²) >= 11 is 0. The van der Waals surface area contributed by atoms with E-state index in [-0.39, 0.29) is 24.0 Å². The minimum atomic E-state index is -0.578. The lowest BCUT2D eigenvalue weighted by Gasteiger charge is -2.15. The number of hydrogen-bond donors (Lipinski definition) is 1. The number of urea groups is 1. The summed E-state index contributed by atoms with van der Waals surface area (Å²) in [6.45, 7) is 1.73. The second-order valence-electron chi connectivity index (χ2n) is 3.84. The van der Waals surface area contributed by atoms with E-state index in [9.17, 15) is 14.0 Å². The number of carbonyl (C=O) groups excluding carboxylic acids is 2. The van der Waals surface area contributed by atoms with Crippen LogP contribution in [0.25, 0.3) is 0 Å². The number of aldehydes is 1. The molecule has 2 rings (SSSR count). The Morgan fingerprint density at radius 2 is 2.33 bits per heavy atom. The van der Waals surface area contributed by atoms with E-state index in [1.165, 1.54) is 18.2 Å². The summed E-state index contributed by atoms with van der Waals surface area (Å²) in [4.78, 5) is 23.5. The zero-order chi connectivity index (χ0) is 13.0. The topological polar surface area (TPSA) is 58.6 Å². The summed E-state index contributed by atoms with van der Waals surface area (Å²) in [5, 5.41) is 2.65. The maximum atomic E-state index is 13.4. The highest BCUT2D eigenvalue weighted by Crippen LogP contribution is 2.20. The second kappa shape index (κ2) is 5.48. The van der Waals surface area contributed by atoms with Gasteiger partial charge in [-0.05, 0) is 12.1 Å². The fraction of sp³-hybridized carbons (Fsp3) is 0.333. The molecule has 18 heavy (non-hydrogen) atoms. The van der Waals surface area contributed by atoms with Crippen LogP contribution in [0.1, 0.15) is 10.4 Å². The highest BCUT2D eigenvalue weighted by molar-refractivity contribution is 5.79. The van der Waals surface area contributed by atoms with Gasteiger partial charge in [0, 0.05) is 13.1 Å². The number of nitrogens with zero attached hydrogens (tertiary/aromatic N) is 1. The van der Waals surface area contributed by atoms with Gasteiger partial charge in [-0.15, -0.1) is 0 Å². The summed E-state index contributed by atoms with van der Waals surface area (Å²) in [6, 6.07) is 4.00. The minimum Gasteiger partial charge on any atom is -0.488 e. The van der Waals surface area contributed by atoms with Gasteiger partial charge < -0.3 is 15.0 Å². The van der Waals surface area contributed by atoms with Crippen LogP contribution in [0.3, 0.4) is 0 Å². The van der Waals surface area contributed by atoms with Gasteiger partial charge in [-0.25, -0.2) is 9.18 Å². The Hall–Kier alpha value is -2.11. The quantitative estimate of drug-likeness (QED) is 0.797. The van der Waals surface area contributed by atoms with Gasteiger partial charge in [0.15, 0.2) is 17.9 Å². The van der Waals surface area contributed by atoms with E-state index in [2.05, 4.69) is 5.32 Å². The Kier molecular flexibility index (Phi) is 3.76. The van der Waals surface area contributed by atoms with E-state index in [0.717, 1.165) is 0 Å². The molecular formula is C12H13FN2O3. The SMILES string of the molecule is O=Cc1cccc(F)c1OCCN1CCNC1=O. The van der Waals surface area contributed by atoms with Gasteiger partial charge in [0.25, 0.3) is 0 Å². The van der Waals surface area contributed by atoms with Crippen molar-refractivity contribution in [1.82, 2.24) is 10.2 Å². The lowest BCUT2D eigenvalue weighted by Crippen LogP contribution is -2.32. The molecule has 0 saturated carbocycles. The third-order valence-electron chi connectivity index (χ3n) is 2.68. The van der Waals surface area contributed by atoms with Crippen LogP contribution in [0.15, 0.2) is 18.2 Å². The fourth-order valence-corrected chi connectivity index (χ4v) is 1.75. The van der Waals surface area contributed by atoms with E-state index in [4.69, 9.17) is 4.74 Å². The van der Waals surface area contributed by atoms with Gasteiger partial charge in [-0.3, -0.25) is 4.79 Å². The molecule has 0 aromatic heterocycles. The van der Waals surface area contributed by atoms with Crippen molar-refractivity contribution in [3.63, 3.8) is 0 Å². The van der Waals surface area contributed by atoms with E-state index in [1.54, 1.807) is 4.90 Å². The second-order valence-corrected chi connectivity index (χ2v) is 3.84. The van der Waals surface area contributed by atoms with Crippen molar-refractivity contribution in [3.05, 3.63) is 29.6 Å². The van der Waals surface area contributed by atoms with E-state index >= 15 is 0 Å². The van der Waals surface area contributed by atoms with Gasteiger partial charge >= 0.3 is 6.03 Å². The summed E-state index contributed by atoms with van der Waals surface area (Å²) in [6.07, 6.45) is 0.543. The molecule has 1 aliphatic rings. The zero-order valence-corrected chi connectivity index (χ0v) is 9.69. The number of benzene rings is 1. The number of hydrogen-bond acceptors (Lipinski definition) is 3. The molecule has 5 nitrogen and oxygen atoms in total. The molecular weight excluding hydrogens is 239 g/mol. The van der Waals surface area contributed by atoms with Crippen LogP contribution < -0.4 is 10.1 Å². The molecule has 96 valence electrons. The number of carbonyl (C=O) groups is 2.